The van der Waals surface area contributed by atoms with Crippen LogP contribution in [-0.2, 0) is 0 Å². The fourth-order valence-electron chi connectivity index (χ4n) is 2.90. The first kappa shape index (κ1) is 15.2. The Hall–Kier alpha value is -3.34. The third-order valence-corrected chi connectivity index (χ3v) is 4.15. The second kappa shape index (κ2) is 6.28. The van der Waals surface area contributed by atoms with Gasteiger partial charge in [-0.25, -0.2) is 9.97 Å². The van der Waals surface area contributed by atoms with E-state index >= 15 is 0 Å². The number of hydrogen-bond donors (Lipinski definition) is 0. The van der Waals surface area contributed by atoms with Gasteiger partial charge in [0.25, 0.3) is 0 Å². The van der Waals surface area contributed by atoms with Gasteiger partial charge in [0.2, 0.25) is 0 Å². The second-order valence-electron chi connectivity index (χ2n) is 5.88. The predicted molar refractivity (Wildman–Crippen MR) is 99.3 cm³/mol. The van der Waals surface area contributed by atoms with Crippen LogP contribution < -0.4 is 4.90 Å². The fourth-order valence-corrected chi connectivity index (χ4v) is 2.90. The fraction of sp³-hybridized carbons (Fsp3) is 0.100. The topological polar surface area (TPSA) is 54.8 Å². The molecule has 5 heteroatoms. The highest BCUT2D eigenvalue weighted by atomic mass is 15.3. The molecule has 0 aliphatic heterocycles. The van der Waals surface area contributed by atoms with Crippen molar-refractivity contribution in [3.05, 3.63) is 78.2 Å². The van der Waals surface area contributed by atoms with Gasteiger partial charge >= 0.3 is 0 Å². The van der Waals surface area contributed by atoms with E-state index in [1.807, 2.05) is 67.3 Å². The zero-order chi connectivity index (χ0) is 17.2. The van der Waals surface area contributed by atoms with Crippen LogP contribution in [0.1, 0.15) is 11.1 Å². The molecule has 0 bridgehead atoms. The quantitative estimate of drug-likeness (QED) is 0.554. The molecule has 0 N–H and O–H groups in total. The number of anilines is 3. The maximum atomic E-state index is 4.60. The summed E-state index contributed by atoms with van der Waals surface area (Å²) in [6, 6.07) is 16.0. The Morgan fingerprint density at radius 1 is 0.720 bits per heavy atom. The van der Waals surface area contributed by atoms with Gasteiger partial charge in [0.05, 0.1) is 6.20 Å². The highest BCUT2D eigenvalue weighted by molar-refractivity contribution is 5.95. The Labute approximate surface area is 146 Å². The number of fused-ring (bicyclic) bond motifs is 1. The van der Waals surface area contributed by atoms with E-state index in [0.29, 0.717) is 0 Å². The normalized spacial score (nSPS) is 10.8. The van der Waals surface area contributed by atoms with E-state index in [1.165, 1.54) is 0 Å². The molecule has 3 aromatic heterocycles. The molecule has 5 nitrogen and oxygen atoms in total. The van der Waals surface area contributed by atoms with Gasteiger partial charge in [-0.2, -0.15) is 5.10 Å². The lowest BCUT2D eigenvalue weighted by Gasteiger charge is -2.25. The minimum absolute atomic E-state index is 0.724. The number of pyridine rings is 2. The predicted octanol–water partition coefficient (Wildman–Crippen LogP) is 4.51. The van der Waals surface area contributed by atoms with Crippen LogP contribution in [0.25, 0.3) is 10.8 Å². The first-order valence-corrected chi connectivity index (χ1v) is 8.09. The lowest BCUT2D eigenvalue weighted by atomic mass is 10.1. The van der Waals surface area contributed by atoms with Crippen molar-refractivity contribution < 1.29 is 0 Å². The first-order valence-electron chi connectivity index (χ1n) is 8.09. The monoisotopic (exact) mass is 327 g/mol. The van der Waals surface area contributed by atoms with E-state index in [9.17, 15) is 0 Å². The van der Waals surface area contributed by atoms with Crippen LogP contribution in [-0.4, -0.2) is 20.2 Å². The van der Waals surface area contributed by atoms with E-state index in [-0.39, 0.29) is 0 Å². The molecule has 0 radical (unpaired) electrons. The first-order chi connectivity index (χ1) is 12.3. The van der Waals surface area contributed by atoms with Crippen LogP contribution >= 0.6 is 0 Å². The summed E-state index contributed by atoms with van der Waals surface area (Å²) in [5, 5.41) is 10.7. The molecule has 4 aromatic rings. The van der Waals surface area contributed by atoms with Gasteiger partial charge < -0.3 is 0 Å². The molecule has 25 heavy (non-hydrogen) atoms. The van der Waals surface area contributed by atoms with Gasteiger partial charge in [0.15, 0.2) is 5.82 Å². The maximum Gasteiger partial charge on any atom is 0.170 e. The smallest absolute Gasteiger partial charge is 0.170 e. The zero-order valence-electron chi connectivity index (χ0n) is 14.1. The van der Waals surface area contributed by atoms with Crippen molar-refractivity contribution in [1.82, 2.24) is 20.2 Å². The number of hydrogen-bond acceptors (Lipinski definition) is 5. The minimum atomic E-state index is 0.724. The lowest BCUT2D eigenvalue weighted by Crippen LogP contribution is -2.17. The van der Waals surface area contributed by atoms with E-state index in [2.05, 4.69) is 20.2 Å². The van der Waals surface area contributed by atoms with Crippen LogP contribution in [0.2, 0.25) is 0 Å². The van der Waals surface area contributed by atoms with Crippen LogP contribution in [0.3, 0.4) is 0 Å². The molecule has 0 unspecified atom stereocenters. The second-order valence-corrected chi connectivity index (χ2v) is 5.88. The molecule has 0 aliphatic rings. The minimum Gasteiger partial charge on any atom is -0.260 e. The van der Waals surface area contributed by atoms with Crippen molar-refractivity contribution in [2.75, 3.05) is 4.90 Å². The summed E-state index contributed by atoms with van der Waals surface area (Å²) >= 11 is 0. The average molecular weight is 327 g/mol. The molecule has 3 heterocycles. The van der Waals surface area contributed by atoms with Gasteiger partial charge in [-0.15, -0.1) is 5.10 Å². The number of nitrogens with zero attached hydrogens (tertiary/aromatic N) is 5. The van der Waals surface area contributed by atoms with Crippen molar-refractivity contribution in [1.29, 1.82) is 0 Å². The molecule has 4 rings (SSSR count). The van der Waals surface area contributed by atoms with Gasteiger partial charge in [0, 0.05) is 23.2 Å². The largest absolute Gasteiger partial charge is 0.260 e. The Morgan fingerprint density at radius 3 is 2.00 bits per heavy atom. The molecular formula is C20H17N5. The Balaban J connectivity index is 2.05. The summed E-state index contributed by atoms with van der Waals surface area (Å²) in [5.74, 6) is 2.33. The van der Waals surface area contributed by atoms with Gasteiger partial charge in [0.1, 0.15) is 11.6 Å². The summed E-state index contributed by atoms with van der Waals surface area (Å²) in [7, 11) is 0. The Morgan fingerprint density at radius 2 is 1.36 bits per heavy atom. The van der Waals surface area contributed by atoms with Gasteiger partial charge in [-0.3, -0.25) is 4.90 Å². The summed E-state index contributed by atoms with van der Waals surface area (Å²) in [6.45, 7) is 4.07. The summed E-state index contributed by atoms with van der Waals surface area (Å²) in [4.78, 5) is 11.2. The van der Waals surface area contributed by atoms with Gasteiger partial charge in [-0.05, 0) is 37.1 Å². The van der Waals surface area contributed by atoms with E-state index in [4.69, 9.17) is 0 Å². The summed E-state index contributed by atoms with van der Waals surface area (Å²) < 4.78 is 0. The van der Waals surface area contributed by atoms with Crippen molar-refractivity contribution in [2.24, 2.45) is 0 Å². The third-order valence-electron chi connectivity index (χ3n) is 4.15. The van der Waals surface area contributed by atoms with Crippen molar-refractivity contribution in [2.45, 2.75) is 13.8 Å². The van der Waals surface area contributed by atoms with Crippen molar-refractivity contribution in [3.8, 4) is 0 Å². The van der Waals surface area contributed by atoms with Crippen LogP contribution in [0.4, 0.5) is 17.5 Å². The number of aromatic nitrogens is 4. The lowest BCUT2D eigenvalue weighted by molar-refractivity contribution is 0.990. The number of rotatable bonds is 3. The standard InChI is InChI=1S/C20H17N5/c1-14-7-5-11-21-18(14)25(19-15(2)8-6-12-22-19)20-17-10-4-3-9-16(17)13-23-24-20/h3-13H,1-2H3. The summed E-state index contributed by atoms with van der Waals surface area (Å²) in [5.41, 5.74) is 2.09. The SMILES string of the molecule is Cc1cccnc1N(c1ncccc1C)c1nncc2ccccc12. The molecule has 0 aliphatic carbocycles. The zero-order valence-corrected chi connectivity index (χ0v) is 14.1. The third kappa shape index (κ3) is 2.70. The molecule has 0 saturated carbocycles. The number of aryl methyl sites for hydroxylation is 2. The van der Waals surface area contributed by atoms with Crippen LogP contribution in [0, 0.1) is 13.8 Å². The van der Waals surface area contributed by atoms with Crippen molar-refractivity contribution >= 4 is 28.2 Å². The molecule has 1 aromatic carbocycles. The Bertz CT molecular complexity index is 994. The molecule has 0 amide bonds. The average Bonchev–Trinajstić information content (AvgIpc) is 2.65. The maximum absolute atomic E-state index is 4.60. The molecule has 0 saturated heterocycles. The summed E-state index contributed by atoms with van der Waals surface area (Å²) in [6.07, 6.45) is 5.34. The van der Waals surface area contributed by atoms with Gasteiger partial charge in [-0.1, -0.05) is 36.4 Å². The number of benzene rings is 1. The van der Waals surface area contributed by atoms with E-state index < -0.39 is 0 Å². The van der Waals surface area contributed by atoms with Crippen LogP contribution in [0.15, 0.2) is 67.1 Å². The highest BCUT2D eigenvalue weighted by Crippen LogP contribution is 2.37. The molecule has 0 spiro atoms. The molecule has 122 valence electrons. The highest BCUT2D eigenvalue weighted by Gasteiger charge is 2.22. The van der Waals surface area contributed by atoms with E-state index in [1.54, 1.807) is 18.6 Å². The Kier molecular flexibility index (Phi) is 3.82. The molecule has 0 fully saturated rings. The van der Waals surface area contributed by atoms with E-state index in [0.717, 1.165) is 39.4 Å². The molecule has 0 atom stereocenters. The van der Waals surface area contributed by atoms with Crippen molar-refractivity contribution in [3.63, 3.8) is 0 Å². The molecular weight excluding hydrogens is 310 g/mol. The van der Waals surface area contributed by atoms with Crippen LogP contribution in [0.5, 0.6) is 0 Å².